The van der Waals surface area contributed by atoms with E-state index in [4.69, 9.17) is 9.57 Å². The van der Waals surface area contributed by atoms with Gasteiger partial charge >= 0.3 is 12.1 Å². The number of hydroxylamine groups is 2. The first kappa shape index (κ1) is 15.8. The minimum atomic E-state index is -0.563. The Morgan fingerprint density at radius 1 is 1.04 bits per heavy atom. The molecule has 0 spiro atoms. The lowest BCUT2D eigenvalue weighted by molar-refractivity contribution is -0.199. The van der Waals surface area contributed by atoms with Gasteiger partial charge < -0.3 is 14.5 Å². The molecule has 0 radical (unpaired) electrons. The summed E-state index contributed by atoms with van der Waals surface area (Å²) in [5, 5.41) is 0.571. The van der Waals surface area contributed by atoms with Crippen LogP contribution >= 0.6 is 0 Å². The van der Waals surface area contributed by atoms with Crippen molar-refractivity contribution in [2.24, 2.45) is 17.8 Å². The summed E-state index contributed by atoms with van der Waals surface area (Å²) in [5.74, 6) is -1.85. The zero-order valence-electron chi connectivity index (χ0n) is 13.4. The average Bonchev–Trinajstić information content (AvgIpc) is 2.76. The summed E-state index contributed by atoms with van der Waals surface area (Å²) in [6, 6.07) is 0. The lowest BCUT2D eigenvalue weighted by Gasteiger charge is -2.25. The first-order chi connectivity index (χ1) is 10.7. The van der Waals surface area contributed by atoms with Gasteiger partial charge in [0.25, 0.3) is 11.8 Å². The quantitative estimate of drug-likeness (QED) is 0.694. The van der Waals surface area contributed by atoms with Crippen LogP contribution in [0.3, 0.4) is 0 Å². The highest BCUT2D eigenvalue weighted by Crippen LogP contribution is 2.52. The maximum absolute atomic E-state index is 12.1. The van der Waals surface area contributed by atoms with Gasteiger partial charge in [-0.3, -0.25) is 9.59 Å². The van der Waals surface area contributed by atoms with Crippen LogP contribution in [-0.2, 0) is 24.0 Å². The van der Waals surface area contributed by atoms with Crippen molar-refractivity contribution in [3.05, 3.63) is 0 Å². The largest absolute Gasteiger partial charge is 0.444 e. The zero-order chi connectivity index (χ0) is 16.9. The molecule has 126 valence electrons. The highest BCUT2D eigenvalue weighted by Gasteiger charge is 2.62. The van der Waals surface area contributed by atoms with E-state index in [2.05, 4.69) is 0 Å². The maximum Gasteiger partial charge on any atom is 0.410 e. The van der Waals surface area contributed by atoms with Gasteiger partial charge in [0.05, 0.1) is 5.92 Å². The Morgan fingerprint density at radius 2 is 1.57 bits per heavy atom. The fourth-order valence-corrected chi connectivity index (χ4v) is 3.16. The molecular weight excluding hydrogens is 304 g/mol. The van der Waals surface area contributed by atoms with Crippen LogP contribution in [0.4, 0.5) is 4.79 Å². The second kappa shape index (κ2) is 5.21. The molecule has 3 aliphatic rings. The van der Waals surface area contributed by atoms with Gasteiger partial charge in [0.2, 0.25) is 0 Å². The second-order valence-corrected chi connectivity index (χ2v) is 7.23. The van der Waals surface area contributed by atoms with E-state index < -0.39 is 23.4 Å². The minimum Gasteiger partial charge on any atom is -0.444 e. The number of imide groups is 1. The highest BCUT2D eigenvalue weighted by atomic mass is 16.7. The number of hydrogen-bond acceptors (Lipinski definition) is 6. The van der Waals surface area contributed by atoms with Crippen molar-refractivity contribution in [3.8, 4) is 0 Å². The van der Waals surface area contributed by atoms with E-state index in [0.29, 0.717) is 18.2 Å². The number of carbonyl (C=O) groups excluding carboxylic acids is 4. The van der Waals surface area contributed by atoms with Gasteiger partial charge in [-0.15, -0.1) is 5.06 Å². The van der Waals surface area contributed by atoms with Crippen LogP contribution < -0.4 is 0 Å². The zero-order valence-corrected chi connectivity index (χ0v) is 13.4. The molecule has 0 aromatic carbocycles. The molecule has 0 bridgehead atoms. The molecule has 8 heteroatoms. The normalized spacial score (nSPS) is 29.6. The molecule has 2 heterocycles. The van der Waals surface area contributed by atoms with Gasteiger partial charge in [0, 0.05) is 25.9 Å². The maximum atomic E-state index is 12.1. The summed E-state index contributed by atoms with van der Waals surface area (Å²) in [5.41, 5.74) is -0.557. The van der Waals surface area contributed by atoms with Crippen molar-refractivity contribution in [3.63, 3.8) is 0 Å². The fraction of sp³-hybridized carbons (Fsp3) is 0.733. The molecule has 8 nitrogen and oxygen atoms in total. The second-order valence-electron chi connectivity index (χ2n) is 7.23. The van der Waals surface area contributed by atoms with E-state index in [0.717, 1.165) is 0 Å². The minimum absolute atomic E-state index is 0.0165. The SMILES string of the molecule is CC(C)(C)OC(=O)N1C[C@@H]2C(C(=O)ON3C(=O)CCC3=O)[C@@H]2C1. The Kier molecular flexibility index (Phi) is 3.57. The number of fused-ring (bicyclic) bond motifs is 1. The Morgan fingerprint density at radius 3 is 2.04 bits per heavy atom. The van der Waals surface area contributed by atoms with E-state index >= 15 is 0 Å². The van der Waals surface area contributed by atoms with Gasteiger partial charge in [0.1, 0.15) is 5.60 Å². The van der Waals surface area contributed by atoms with Crippen LogP contribution in [0.5, 0.6) is 0 Å². The molecule has 3 rings (SSSR count). The molecule has 3 fully saturated rings. The smallest absolute Gasteiger partial charge is 0.410 e. The fourth-order valence-electron chi connectivity index (χ4n) is 3.16. The van der Waals surface area contributed by atoms with Crippen molar-refractivity contribution in [2.75, 3.05) is 13.1 Å². The summed E-state index contributed by atoms with van der Waals surface area (Å²) in [6.45, 7) is 6.26. The van der Waals surface area contributed by atoms with Crippen LogP contribution in [-0.4, -0.2) is 52.5 Å². The molecule has 0 N–H and O–H groups in total. The lowest BCUT2D eigenvalue weighted by atomic mass is 10.2. The van der Waals surface area contributed by atoms with Crippen molar-refractivity contribution in [2.45, 2.75) is 39.2 Å². The highest BCUT2D eigenvalue weighted by molar-refractivity contribution is 6.01. The first-order valence-corrected chi connectivity index (χ1v) is 7.73. The molecular formula is C15H20N2O6. The van der Waals surface area contributed by atoms with Gasteiger partial charge in [-0.25, -0.2) is 9.59 Å². The molecule has 3 atom stereocenters. The number of nitrogens with zero attached hydrogens (tertiary/aromatic N) is 2. The molecule has 1 unspecified atom stereocenters. The molecule has 23 heavy (non-hydrogen) atoms. The van der Waals surface area contributed by atoms with E-state index in [1.54, 1.807) is 25.7 Å². The number of likely N-dealkylation sites (tertiary alicyclic amines) is 1. The van der Waals surface area contributed by atoms with Crippen LogP contribution in [0.15, 0.2) is 0 Å². The average molecular weight is 324 g/mol. The summed E-state index contributed by atoms with van der Waals surface area (Å²) in [6.07, 6.45) is -0.228. The molecule has 2 saturated heterocycles. The van der Waals surface area contributed by atoms with Crippen molar-refractivity contribution in [1.82, 2.24) is 9.96 Å². The van der Waals surface area contributed by atoms with Crippen molar-refractivity contribution >= 4 is 23.9 Å². The van der Waals surface area contributed by atoms with Crippen LogP contribution in [0.2, 0.25) is 0 Å². The number of piperidine rings is 1. The topological polar surface area (TPSA) is 93.2 Å². The predicted molar refractivity (Wildman–Crippen MR) is 75.5 cm³/mol. The number of ether oxygens (including phenoxy) is 1. The van der Waals surface area contributed by atoms with Gasteiger partial charge in [-0.1, -0.05) is 0 Å². The number of hydrogen-bond donors (Lipinski definition) is 0. The third kappa shape index (κ3) is 3.02. The van der Waals surface area contributed by atoms with Crippen LogP contribution in [0, 0.1) is 17.8 Å². The van der Waals surface area contributed by atoms with Crippen molar-refractivity contribution < 1.29 is 28.8 Å². The summed E-state index contributed by atoms with van der Waals surface area (Å²) < 4.78 is 5.30. The Hall–Kier alpha value is -2.12. The Balaban J connectivity index is 1.50. The third-order valence-corrected chi connectivity index (χ3v) is 4.30. The number of carbonyl (C=O) groups is 4. The van der Waals surface area contributed by atoms with Crippen molar-refractivity contribution in [1.29, 1.82) is 0 Å². The molecule has 0 aromatic rings. The van der Waals surface area contributed by atoms with E-state index in [-0.39, 0.29) is 36.7 Å². The van der Waals surface area contributed by atoms with Gasteiger partial charge in [-0.2, -0.15) is 0 Å². The van der Waals surface area contributed by atoms with E-state index in [1.807, 2.05) is 0 Å². The van der Waals surface area contributed by atoms with Crippen LogP contribution in [0.25, 0.3) is 0 Å². The molecule has 2 aliphatic heterocycles. The molecule has 1 aliphatic carbocycles. The Bertz CT molecular complexity index is 553. The first-order valence-electron chi connectivity index (χ1n) is 7.73. The Labute approximate surface area is 133 Å². The predicted octanol–water partition coefficient (Wildman–Crippen LogP) is 0.706. The monoisotopic (exact) mass is 324 g/mol. The third-order valence-electron chi connectivity index (χ3n) is 4.30. The molecule has 0 aromatic heterocycles. The van der Waals surface area contributed by atoms with E-state index in [1.165, 1.54) is 0 Å². The molecule has 3 amide bonds. The summed E-state index contributed by atoms with van der Waals surface area (Å²) in [4.78, 5) is 53.4. The lowest BCUT2D eigenvalue weighted by Crippen LogP contribution is -2.38. The van der Waals surface area contributed by atoms with Crippen LogP contribution in [0.1, 0.15) is 33.6 Å². The summed E-state index contributed by atoms with van der Waals surface area (Å²) >= 11 is 0. The standard InChI is InChI=1S/C15H20N2O6/c1-15(2,3)22-14(21)16-6-8-9(7-16)12(8)13(20)23-17-10(18)4-5-11(17)19/h8-9,12H,4-7H2,1-3H3/t8-,9+,12?. The van der Waals surface area contributed by atoms with E-state index in [9.17, 15) is 19.2 Å². The number of amides is 3. The van der Waals surface area contributed by atoms with Gasteiger partial charge in [-0.05, 0) is 32.6 Å². The van der Waals surface area contributed by atoms with Gasteiger partial charge in [0.15, 0.2) is 0 Å². The summed E-state index contributed by atoms with van der Waals surface area (Å²) in [7, 11) is 0. The number of rotatable bonds is 2. The molecule has 1 saturated carbocycles.